The van der Waals surface area contributed by atoms with Crippen LogP contribution in [0.2, 0.25) is 0 Å². The number of pyridine rings is 2. The number of benzene rings is 5. The van der Waals surface area contributed by atoms with Crippen LogP contribution in [0.1, 0.15) is 35.5 Å². The first-order valence-electron chi connectivity index (χ1n) is 20.5. The number of nitriles is 1. The molecule has 0 amide bonds. The number of carboxylic acid groups (broad SMARTS) is 1. The monoisotopic (exact) mass is 1180 g/mol. The molecule has 0 fully saturated rings. The summed E-state index contributed by atoms with van der Waals surface area (Å²) >= 11 is 10.8. The Hall–Kier alpha value is -7.58. The van der Waals surface area contributed by atoms with Crippen LogP contribution in [0.25, 0.3) is 21.8 Å². The zero-order chi connectivity index (χ0) is 55.6. The number of aromatic nitrogens is 2. The van der Waals surface area contributed by atoms with Crippen molar-refractivity contribution in [1.29, 1.82) is 5.26 Å². The van der Waals surface area contributed by atoms with Crippen LogP contribution >= 0.6 is 45.6 Å². The average molecular weight is 1180 g/mol. The quantitative estimate of drug-likeness (QED) is 0.0390. The minimum Gasteiger partial charge on any atom is -0.480 e. The highest BCUT2D eigenvalue weighted by Crippen LogP contribution is 2.32. The standard InChI is InChI=1S/C20H15N3O7S2.C17H11N3O5S.C7H6ClNO4S.CH2Cl2.CH4/c1-11-2-7-17(23(26)27)18(8-11)32(28,29)30-13-4-6-14-12(9-13)3-5-15(21-14)19-22-16(10-31-19)20(24)25;1-11-2-7-16(20(21)22)17(8-11)26(23,24)25-14-5-6-15-12(9-14)3-4-13(10-18)19-15;1-5-2-3-6(9(10)11)7(4-5)14(8,12)13;2-1-3;/h2-9,16H,10H2,1H3,(H,24,25);2-9H,1H3;2-4H,1H3;1H2;1H4/t16-;;;;/m1..../s1. The molecule has 8 rings (SSSR count). The Morgan fingerprint density at radius 3 is 1.47 bits per heavy atom. The fourth-order valence-corrected chi connectivity index (χ4v) is 10.8. The third-order valence-corrected chi connectivity index (χ3v) is 14.7. The molecule has 0 saturated heterocycles. The zero-order valence-corrected chi connectivity index (χ0v) is 44.0. The summed E-state index contributed by atoms with van der Waals surface area (Å²) < 4.78 is 82.7. The maximum absolute atomic E-state index is 12.7. The average Bonchev–Trinajstić information content (AvgIpc) is 3.85. The minimum absolute atomic E-state index is 0. The number of carbonyl (C=O) groups is 1. The number of fused-ring (bicyclic) bond motifs is 2. The van der Waals surface area contributed by atoms with E-state index in [2.05, 4.69) is 15.0 Å². The Balaban J connectivity index is 0.000000254. The maximum atomic E-state index is 12.7. The van der Waals surface area contributed by atoms with Gasteiger partial charge in [-0.15, -0.1) is 35.0 Å². The van der Waals surface area contributed by atoms with Crippen LogP contribution in [0.15, 0.2) is 135 Å². The lowest BCUT2D eigenvalue weighted by atomic mass is 10.2. The lowest BCUT2D eigenvalue weighted by Gasteiger charge is -2.09. The molecule has 76 heavy (non-hydrogen) atoms. The summed E-state index contributed by atoms with van der Waals surface area (Å²) in [5.74, 6) is -0.702. The van der Waals surface area contributed by atoms with E-state index in [4.69, 9.17) is 52.6 Å². The summed E-state index contributed by atoms with van der Waals surface area (Å²) in [5, 5.41) is 52.6. The first-order valence-corrected chi connectivity index (χ1v) is 27.7. The number of thioether (sulfide) groups is 1. The number of nitro groups is 3. The van der Waals surface area contributed by atoms with Crippen molar-refractivity contribution >= 4 is 125 Å². The summed E-state index contributed by atoms with van der Waals surface area (Å²) in [7, 11) is -7.89. The topological polar surface area (TPSA) is 350 Å². The van der Waals surface area contributed by atoms with Gasteiger partial charge in [0.15, 0.2) is 20.7 Å². The number of hydrogen-bond acceptors (Lipinski definition) is 20. The maximum Gasteiger partial charge on any atom is 0.346 e. The highest BCUT2D eigenvalue weighted by molar-refractivity contribution is 8.14. The third kappa shape index (κ3) is 15.7. The van der Waals surface area contributed by atoms with Crippen molar-refractivity contribution in [2.75, 3.05) is 11.1 Å². The molecule has 0 bridgehead atoms. The molecule has 0 unspecified atom stereocenters. The predicted octanol–water partition coefficient (Wildman–Crippen LogP) is 10.1. The highest BCUT2D eigenvalue weighted by Gasteiger charge is 2.30. The second-order valence-electron chi connectivity index (χ2n) is 15.1. The molecule has 0 saturated carbocycles. The van der Waals surface area contributed by atoms with Gasteiger partial charge >= 0.3 is 26.2 Å². The smallest absolute Gasteiger partial charge is 0.346 e. The summed E-state index contributed by atoms with van der Waals surface area (Å²) in [6.45, 7) is 4.86. The normalized spacial score (nSPS) is 12.9. The molecule has 1 aliphatic rings. The van der Waals surface area contributed by atoms with Crippen LogP contribution in [0, 0.1) is 62.4 Å². The van der Waals surface area contributed by atoms with Gasteiger partial charge in [0.2, 0.25) is 0 Å². The van der Waals surface area contributed by atoms with E-state index in [1.807, 2.05) is 6.07 Å². The van der Waals surface area contributed by atoms with Gasteiger partial charge in [-0.3, -0.25) is 35.3 Å². The fourth-order valence-electron chi connectivity index (χ4n) is 6.39. The van der Waals surface area contributed by atoms with E-state index >= 15 is 0 Å². The third-order valence-electron chi connectivity index (χ3n) is 9.74. The SMILES string of the molecule is C.Cc1ccc([N+](=O)[O-])c(S(=O)(=O)Cl)c1.Cc1ccc([N+](=O)[O-])c(S(=O)(=O)Oc2ccc3nc(C#N)ccc3c2)c1.Cc1ccc([N+](=O)[O-])c(S(=O)(=O)Oc2ccc3nc(C4=N[C@@H](C(=O)O)CS4)ccc3c2)c1.ClCCl. The first kappa shape index (κ1) is 61.0. The number of alkyl halides is 2. The number of hydrogen-bond donors (Lipinski definition) is 1. The lowest BCUT2D eigenvalue weighted by Crippen LogP contribution is -2.17. The van der Waals surface area contributed by atoms with Crippen LogP contribution in [0.4, 0.5) is 17.1 Å². The van der Waals surface area contributed by atoms with Crippen LogP contribution in [-0.2, 0) is 34.1 Å². The molecule has 0 spiro atoms. The Morgan fingerprint density at radius 2 is 1.08 bits per heavy atom. The van der Waals surface area contributed by atoms with E-state index in [-0.39, 0.29) is 30.0 Å². The van der Waals surface area contributed by atoms with E-state index in [0.29, 0.717) is 55.0 Å². The molecule has 5 aromatic carbocycles. The number of nitrogens with zero attached hydrogens (tertiary/aromatic N) is 7. The summed E-state index contributed by atoms with van der Waals surface area (Å²) in [6.07, 6.45) is 0. The number of halogens is 3. The minimum atomic E-state index is -4.46. The highest BCUT2D eigenvalue weighted by atomic mass is 35.7. The fraction of sp³-hybridized carbons (Fsp3) is 0.152. The van der Waals surface area contributed by atoms with E-state index < -0.39 is 87.8 Å². The second-order valence-corrected chi connectivity index (χ2v) is 22.5. The zero-order valence-electron chi connectivity index (χ0n) is 38.4. The van der Waals surface area contributed by atoms with E-state index in [1.54, 1.807) is 45.0 Å². The summed E-state index contributed by atoms with van der Waals surface area (Å²) in [5.41, 5.74) is 1.80. The van der Waals surface area contributed by atoms with Gasteiger partial charge in [-0.05, 0) is 110 Å². The molecule has 30 heteroatoms. The first-order chi connectivity index (χ1) is 35.2. The molecule has 3 heterocycles. The van der Waals surface area contributed by atoms with Crippen molar-refractivity contribution < 1.29 is 58.3 Å². The van der Waals surface area contributed by atoms with Gasteiger partial charge in [-0.2, -0.15) is 22.1 Å². The van der Waals surface area contributed by atoms with Crippen LogP contribution in [0.3, 0.4) is 0 Å². The van der Waals surface area contributed by atoms with E-state index in [0.717, 1.165) is 18.2 Å². The molecule has 7 aromatic rings. The van der Waals surface area contributed by atoms with Crippen molar-refractivity contribution in [2.24, 2.45) is 4.99 Å². The van der Waals surface area contributed by atoms with Crippen molar-refractivity contribution in [3.63, 3.8) is 0 Å². The number of aliphatic carboxylic acids is 1. The summed E-state index contributed by atoms with van der Waals surface area (Å²) in [6, 6.07) is 27.5. The Labute approximate surface area is 451 Å². The Morgan fingerprint density at radius 1 is 0.671 bits per heavy atom. The molecular formula is C46H38Cl3N7O16S4. The second kappa shape index (κ2) is 25.8. The lowest BCUT2D eigenvalue weighted by molar-refractivity contribution is -0.388. The van der Waals surface area contributed by atoms with Crippen molar-refractivity contribution in [3.05, 3.63) is 174 Å². The van der Waals surface area contributed by atoms with E-state index in [9.17, 15) is 60.4 Å². The summed E-state index contributed by atoms with van der Waals surface area (Å²) in [4.78, 5) is 52.7. The van der Waals surface area contributed by atoms with Gasteiger partial charge in [0.05, 0.1) is 36.8 Å². The van der Waals surface area contributed by atoms with Gasteiger partial charge in [-0.1, -0.05) is 31.7 Å². The van der Waals surface area contributed by atoms with Crippen molar-refractivity contribution in [3.8, 4) is 17.6 Å². The molecule has 1 aliphatic heterocycles. The van der Waals surface area contributed by atoms with E-state index in [1.165, 1.54) is 84.6 Å². The molecule has 0 aliphatic carbocycles. The Bertz CT molecular complexity index is 3850. The number of aryl methyl sites for hydroxylation is 3. The van der Waals surface area contributed by atoms with Gasteiger partial charge in [-0.25, -0.2) is 23.2 Å². The molecular weight excluding hydrogens is 1140 g/mol. The van der Waals surface area contributed by atoms with Gasteiger partial charge in [0.1, 0.15) is 28.3 Å². The number of rotatable bonds is 12. The van der Waals surface area contributed by atoms with Crippen molar-refractivity contribution in [2.45, 2.75) is 48.9 Å². The Kier molecular flexibility index (Phi) is 20.7. The van der Waals surface area contributed by atoms with Gasteiger partial charge < -0.3 is 13.5 Å². The van der Waals surface area contributed by atoms with Gasteiger partial charge in [0.25, 0.3) is 26.1 Å². The number of aliphatic imine (C=N–C) groups is 1. The molecule has 23 nitrogen and oxygen atoms in total. The molecule has 0 radical (unpaired) electrons. The van der Waals surface area contributed by atoms with Crippen molar-refractivity contribution in [1.82, 2.24) is 9.97 Å². The molecule has 1 atom stereocenters. The molecule has 398 valence electrons. The molecule has 1 N–H and O–H groups in total. The molecule has 2 aromatic heterocycles. The van der Waals surface area contributed by atoms with Crippen LogP contribution in [0.5, 0.6) is 11.5 Å². The van der Waals surface area contributed by atoms with Crippen LogP contribution < -0.4 is 8.37 Å². The number of carboxylic acids is 1. The predicted molar refractivity (Wildman–Crippen MR) is 284 cm³/mol. The number of nitro benzene ring substituents is 3. The van der Waals surface area contributed by atoms with Crippen LogP contribution in [-0.4, -0.2) is 83.2 Å². The van der Waals surface area contributed by atoms with Gasteiger partial charge in [0, 0.05) is 45.4 Å². The largest absolute Gasteiger partial charge is 0.480 e.